The molecule has 12 heteroatoms. The van der Waals surface area contributed by atoms with Gasteiger partial charge in [0.05, 0.1) is 24.4 Å². The highest BCUT2D eigenvalue weighted by molar-refractivity contribution is 6.33. The van der Waals surface area contributed by atoms with Crippen LogP contribution in [-0.2, 0) is 27.9 Å². The minimum absolute atomic E-state index is 0.00256. The molecular formula is C41H45ClFN5O5. The molecule has 1 atom stereocenters. The van der Waals surface area contributed by atoms with E-state index in [1.54, 1.807) is 38.6 Å². The lowest BCUT2D eigenvalue weighted by molar-refractivity contribution is -0.133. The second-order valence-corrected chi connectivity index (χ2v) is 15.0. The van der Waals surface area contributed by atoms with Gasteiger partial charge in [-0.25, -0.2) is 4.39 Å². The lowest BCUT2D eigenvalue weighted by Gasteiger charge is -2.36. The normalized spacial score (nSPS) is 19.0. The summed E-state index contributed by atoms with van der Waals surface area (Å²) >= 11 is 6.67. The number of imide groups is 1. The third-order valence-corrected chi connectivity index (χ3v) is 11.5. The molecule has 7 rings (SSSR count). The number of benzene rings is 3. The molecule has 3 aliphatic heterocycles. The van der Waals surface area contributed by atoms with Gasteiger partial charge in [0.25, 0.3) is 5.56 Å². The minimum atomic E-state index is -0.478. The number of likely N-dealkylation sites (tertiary alicyclic amines) is 1. The Bertz CT molecular complexity index is 2100. The lowest BCUT2D eigenvalue weighted by atomic mass is 9.87. The number of carbonyl (C=O) groups is 3. The average Bonchev–Trinajstić information content (AvgIpc) is 3.16. The van der Waals surface area contributed by atoms with Gasteiger partial charge in [-0.1, -0.05) is 29.8 Å². The first kappa shape index (κ1) is 36.6. The van der Waals surface area contributed by atoms with Gasteiger partial charge in [0.2, 0.25) is 11.8 Å². The Balaban J connectivity index is 0.903. The molecule has 3 aliphatic rings. The van der Waals surface area contributed by atoms with Gasteiger partial charge in [-0.15, -0.1) is 0 Å². The number of ketones is 1. The van der Waals surface area contributed by atoms with E-state index in [1.807, 2.05) is 36.4 Å². The molecule has 0 aliphatic carbocycles. The van der Waals surface area contributed by atoms with Crippen molar-refractivity contribution in [1.29, 1.82) is 0 Å². The molecule has 1 aromatic heterocycles. The maximum atomic E-state index is 15.8. The van der Waals surface area contributed by atoms with Crippen molar-refractivity contribution < 1.29 is 23.5 Å². The summed E-state index contributed by atoms with van der Waals surface area (Å²) in [5.41, 5.74) is 3.52. The molecule has 1 unspecified atom stereocenters. The van der Waals surface area contributed by atoms with Crippen LogP contribution in [0.1, 0.15) is 44.1 Å². The molecule has 0 bridgehead atoms. The number of hydrogen-bond acceptors (Lipinski definition) is 8. The zero-order valence-electron chi connectivity index (χ0n) is 30.1. The van der Waals surface area contributed by atoms with Crippen molar-refractivity contribution in [2.45, 2.75) is 51.0 Å². The number of methoxy groups -OCH3 is 1. The predicted octanol–water partition coefficient (Wildman–Crippen LogP) is 5.96. The first-order chi connectivity index (χ1) is 25.6. The number of fused-ring (bicyclic) bond motifs is 1. The Morgan fingerprint density at radius 1 is 0.962 bits per heavy atom. The van der Waals surface area contributed by atoms with E-state index in [1.165, 1.54) is 4.57 Å². The van der Waals surface area contributed by atoms with Crippen LogP contribution < -0.4 is 25.8 Å². The molecule has 3 aromatic carbocycles. The van der Waals surface area contributed by atoms with Crippen LogP contribution in [0.2, 0.25) is 5.02 Å². The highest BCUT2D eigenvalue weighted by atomic mass is 35.5. The Kier molecular flexibility index (Phi) is 10.8. The summed E-state index contributed by atoms with van der Waals surface area (Å²) in [6.07, 6.45) is 6.29. The molecular weight excluding hydrogens is 697 g/mol. The van der Waals surface area contributed by atoms with Crippen LogP contribution in [-0.4, -0.2) is 72.9 Å². The Labute approximate surface area is 313 Å². The number of Topliss-reactive ketones (excluding diaryl/α,β-unsaturated/α-hetero) is 1. The van der Waals surface area contributed by atoms with E-state index in [4.69, 9.17) is 16.3 Å². The number of piperidine rings is 3. The molecule has 53 heavy (non-hydrogen) atoms. The van der Waals surface area contributed by atoms with Crippen LogP contribution in [0.3, 0.4) is 0 Å². The highest BCUT2D eigenvalue weighted by Gasteiger charge is 2.30. The number of carbonyl (C=O) groups excluding carboxylic acids is 3. The Morgan fingerprint density at radius 3 is 2.40 bits per heavy atom. The molecule has 3 fully saturated rings. The van der Waals surface area contributed by atoms with Crippen molar-refractivity contribution in [2.75, 3.05) is 50.1 Å². The van der Waals surface area contributed by atoms with Gasteiger partial charge in [-0.05, 0) is 105 Å². The quantitative estimate of drug-likeness (QED) is 0.192. The predicted molar refractivity (Wildman–Crippen MR) is 205 cm³/mol. The topological polar surface area (TPSA) is 113 Å². The summed E-state index contributed by atoms with van der Waals surface area (Å²) in [4.78, 5) is 54.1. The second kappa shape index (κ2) is 15.7. The SMILES string of the molecule is COc1cc(-c2cn(C)c(=O)c3ccccc23)cc(F)c1CC1CCN(CC(=O)C2CCN(c3ccc(NC4CCC(=O)NC4=O)cc3Cl)CC2)CC1. The number of anilines is 2. The van der Waals surface area contributed by atoms with E-state index in [9.17, 15) is 19.2 Å². The third kappa shape index (κ3) is 7.96. The van der Waals surface area contributed by atoms with E-state index in [2.05, 4.69) is 20.4 Å². The van der Waals surface area contributed by atoms with Crippen molar-refractivity contribution in [2.24, 2.45) is 18.9 Å². The number of amides is 2. The molecule has 10 nitrogen and oxygen atoms in total. The van der Waals surface area contributed by atoms with Gasteiger partial charge >= 0.3 is 0 Å². The molecule has 278 valence electrons. The third-order valence-electron chi connectivity index (χ3n) is 11.2. The Hall–Kier alpha value is -4.74. The number of halogens is 2. The van der Waals surface area contributed by atoms with Crippen molar-refractivity contribution >= 4 is 51.3 Å². The molecule has 2 amide bonds. The lowest BCUT2D eigenvalue weighted by Crippen LogP contribution is -2.47. The van der Waals surface area contributed by atoms with E-state index in [0.717, 1.165) is 74.2 Å². The fraction of sp³-hybridized carbons (Fsp3) is 0.415. The van der Waals surface area contributed by atoms with Crippen LogP contribution in [0.25, 0.3) is 21.9 Å². The van der Waals surface area contributed by atoms with Crippen LogP contribution in [0, 0.1) is 17.7 Å². The smallest absolute Gasteiger partial charge is 0.258 e. The zero-order valence-corrected chi connectivity index (χ0v) is 30.9. The standard InChI is InChI=1S/C41H45ClFN5O5/c1-46-23-32(29-5-3-4-6-30(29)41(46)52)27-20-34(43)31(38(21-27)53-2)19-25-11-15-47(16-12-25)24-37(49)26-13-17-48(18-14-26)36-9-7-28(22-33(36)42)44-35-8-10-39(50)45-40(35)51/h3-7,9,20-23,25-26,35,44H,8,10-19,24H2,1-2H3,(H,45,50,51). The van der Waals surface area contributed by atoms with Crippen molar-refractivity contribution in [3.05, 3.63) is 87.6 Å². The van der Waals surface area contributed by atoms with Crippen LogP contribution >= 0.6 is 11.6 Å². The first-order valence-electron chi connectivity index (χ1n) is 18.4. The maximum Gasteiger partial charge on any atom is 0.258 e. The zero-order chi connectivity index (χ0) is 37.2. The summed E-state index contributed by atoms with van der Waals surface area (Å²) in [6, 6.07) is 16.0. The monoisotopic (exact) mass is 741 g/mol. The molecule has 0 radical (unpaired) electrons. The largest absolute Gasteiger partial charge is 0.496 e. The van der Waals surface area contributed by atoms with E-state index >= 15 is 4.39 Å². The second-order valence-electron chi connectivity index (χ2n) is 14.6. The van der Waals surface area contributed by atoms with Gasteiger partial charge in [0, 0.05) is 60.9 Å². The number of aryl methyl sites for hydroxylation is 1. The van der Waals surface area contributed by atoms with Gasteiger partial charge < -0.3 is 19.5 Å². The van der Waals surface area contributed by atoms with E-state index < -0.39 is 6.04 Å². The van der Waals surface area contributed by atoms with Crippen LogP contribution in [0.5, 0.6) is 5.75 Å². The number of ether oxygens (including phenoxy) is 1. The summed E-state index contributed by atoms with van der Waals surface area (Å²) in [6.45, 7) is 3.46. The van der Waals surface area contributed by atoms with Gasteiger partial charge in [-0.2, -0.15) is 0 Å². The molecule has 3 saturated heterocycles. The summed E-state index contributed by atoms with van der Waals surface area (Å²) in [7, 11) is 3.27. The van der Waals surface area contributed by atoms with E-state index in [0.29, 0.717) is 53.1 Å². The first-order valence-corrected chi connectivity index (χ1v) is 18.8. The summed E-state index contributed by atoms with van der Waals surface area (Å²) in [5.74, 6) is 0.142. The molecule has 0 saturated carbocycles. The van der Waals surface area contributed by atoms with Gasteiger partial charge in [0.1, 0.15) is 23.4 Å². The van der Waals surface area contributed by atoms with Gasteiger partial charge in [-0.3, -0.25) is 29.4 Å². The van der Waals surface area contributed by atoms with Crippen LogP contribution in [0.4, 0.5) is 15.8 Å². The summed E-state index contributed by atoms with van der Waals surface area (Å²) in [5, 5.41) is 7.46. The minimum Gasteiger partial charge on any atom is -0.496 e. The summed E-state index contributed by atoms with van der Waals surface area (Å²) < 4.78 is 23.1. The highest BCUT2D eigenvalue weighted by Crippen LogP contribution is 2.36. The average molecular weight is 742 g/mol. The number of aromatic nitrogens is 1. The van der Waals surface area contributed by atoms with Crippen molar-refractivity contribution in [3.63, 3.8) is 0 Å². The number of nitrogens with zero attached hydrogens (tertiary/aromatic N) is 3. The number of pyridine rings is 1. The van der Waals surface area contributed by atoms with Crippen molar-refractivity contribution in [3.8, 4) is 16.9 Å². The van der Waals surface area contributed by atoms with Crippen LogP contribution in [0.15, 0.2) is 65.6 Å². The molecule has 0 spiro atoms. The Morgan fingerprint density at radius 2 is 1.70 bits per heavy atom. The van der Waals surface area contributed by atoms with Crippen molar-refractivity contribution in [1.82, 2.24) is 14.8 Å². The van der Waals surface area contributed by atoms with Gasteiger partial charge in [0.15, 0.2) is 0 Å². The fourth-order valence-corrected chi connectivity index (χ4v) is 8.41. The number of nitrogens with one attached hydrogen (secondary N) is 2. The molecule has 4 heterocycles. The number of hydrogen-bond donors (Lipinski definition) is 2. The molecule has 2 N–H and O–H groups in total. The van der Waals surface area contributed by atoms with E-state index in [-0.39, 0.29) is 40.8 Å². The number of rotatable bonds is 10. The fourth-order valence-electron chi connectivity index (χ4n) is 8.11. The molecule has 4 aromatic rings. The maximum absolute atomic E-state index is 15.8.